The first kappa shape index (κ1) is 11.4. The van der Waals surface area contributed by atoms with Crippen LogP contribution in [-0.4, -0.2) is 12.2 Å². The van der Waals surface area contributed by atoms with Gasteiger partial charge in [0.15, 0.2) is 0 Å². The average Bonchev–Trinajstić information content (AvgIpc) is 1.82. The van der Waals surface area contributed by atoms with Crippen LogP contribution < -0.4 is 11.3 Å². The predicted octanol–water partition coefficient (Wildman–Crippen LogP) is 1.74. The number of halogens is 3. The van der Waals surface area contributed by atoms with Gasteiger partial charge in [0.2, 0.25) is 0 Å². The molecule has 12 heavy (non-hydrogen) atoms. The minimum atomic E-state index is -4.18. The lowest BCUT2D eigenvalue weighted by molar-refractivity contribution is -0.137. The van der Waals surface area contributed by atoms with E-state index in [2.05, 4.69) is 5.43 Å². The van der Waals surface area contributed by atoms with Crippen LogP contribution in [0, 0.1) is 0 Å². The van der Waals surface area contributed by atoms with Crippen LogP contribution in [0.2, 0.25) is 0 Å². The molecule has 5 heteroatoms. The number of allylic oxidation sites excluding steroid dienone is 1. The molecule has 3 N–H and O–H groups in total. The molecule has 0 rings (SSSR count). The summed E-state index contributed by atoms with van der Waals surface area (Å²) in [6.07, 6.45) is -3.66. The van der Waals surface area contributed by atoms with Gasteiger partial charge in [-0.3, -0.25) is 11.3 Å². The summed E-state index contributed by atoms with van der Waals surface area (Å²) in [6.45, 7) is 3.45. The van der Waals surface area contributed by atoms with E-state index < -0.39 is 18.6 Å². The third-order valence-electron chi connectivity index (χ3n) is 1.20. The quantitative estimate of drug-likeness (QED) is 0.396. The van der Waals surface area contributed by atoms with Crippen LogP contribution in [-0.2, 0) is 0 Å². The molecule has 1 unspecified atom stereocenters. The molecule has 0 aliphatic heterocycles. The zero-order valence-electron chi connectivity index (χ0n) is 7.07. The summed E-state index contributed by atoms with van der Waals surface area (Å²) >= 11 is 0. The van der Waals surface area contributed by atoms with Gasteiger partial charge in [0.25, 0.3) is 0 Å². The maximum absolute atomic E-state index is 11.8. The minimum absolute atomic E-state index is 0.808. The topological polar surface area (TPSA) is 38.0 Å². The highest BCUT2D eigenvalue weighted by Crippen LogP contribution is 2.21. The highest BCUT2D eigenvalue weighted by atomic mass is 19.4. The van der Waals surface area contributed by atoms with Crippen molar-refractivity contribution in [3.05, 3.63) is 11.6 Å². The molecule has 0 amide bonds. The van der Waals surface area contributed by atoms with Gasteiger partial charge in [-0.2, -0.15) is 13.2 Å². The molecule has 0 fully saturated rings. The van der Waals surface area contributed by atoms with Gasteiger partial charge in [-0.25, -0.2) is 0 Å². The highest BCUT2D eigenvalue weighted by molar-refractivity contribution is 5.00. The van der Waals surface area contributed by atoms with Crippen molar-refractivity contribution in [3.63, 3.8) is 0 Å². The first-order valence-electron chi connectivity index (χ1n) is 3.53. The summed E-state index contributed by atoms with van der Waals surface area (Å²) in [7, 11) is 0. The Morgan fingerprint density at radius 3 is 2.25 bits per heavy atom. The fourth-order valence-corrected chi connectivity index (χ4v) is 0.818. The van der Waals surface area contributed by atoms with E-state index >= 15 is 0 Å². The maximum Gasteiger partial charge on any atom is 0.390 e. The molecular formula is C7H13F3N2. The third-order valence-corrected chi connectivity index (χ3v) is 1.20. The SMILES string of the molecule is CC(C)=CC(CC(F)(F)F)NN. The van der Waals surface area contributed by atoms with Gasteiger partial charge < -0.3 is 0 Å². The van der Waals surface area contributed by atoms with E-state index in [0.29, 0.717) is 0 Å². The van der Waals surface area contributed by atoms with Gasteiger partial charge >= 0.3 is 6.18 Å². The third kappa shape index (κ3) is 6.18. The van der Waals surface area contributed by atoms with Gasteiger partial charge in [0.05, 0.1) is 6.42 Å². The average molecular weight is 182 g/mol. The Hall–Kier alpha value is -0.550. The number of hydrazine groups is 1. The van der Waals surface area contributed by atoms with E-state index in [1.54, 1.807) is 13.8 Å². The first-order valence-corrected chi connectivity index (χ1v) is 3.53. The van der Waals surface area contributed by atoms with E-state index in [4.69, 9.17) is 5.84 Å². The Bertz CT molecular complexity index is 159. The second kappa shape index (κ2) is 4.47. The van der Waals surface area contributed by atoms with Crippen molar-refractivity contribution in [2.45, 2.75) is 32.5 Å². The molecule has 2 nitrogen and oxygen atoms in total. The summed E-state index contributed by atoms with van der Waals surface area (Å²) < 4.78 is 35.5. The Labute approximate surface area is 69.6 Å². The molecule has 0 radical (unpaired) electrons. The fraction of sp³-hybridized carbons (Fsp3) is 0.714. The van der Waals surface area contributed by atoms with Crippen molar-refractivity contribution >= 4 is 0 Å². The highest BCUT2D eigenvalue weighted by Gasteiger charge is 2.30. The summed E-state index contributed by atoms with van der Waals surface area (Å²) in [4.78, 5) is 0. The number of rotatable bonds is 3. The van der Waals surface area contributed by atoms with Crippen LogP contribution in [0.1, 0.15) is 20.3 Å². The first-order chi connectivity index (χ1) is 5.35. The van der Waals surface area contributed by atoms with Gasteiger partial charge in [0.1, 0.15) is 0 Å². The lowest BCUT2D eigenvalue weighted by Gasteiger charge is -2.14. The van der Waals surface area contributed by atoms with Crippen molar-refractivity contribution in [2.24, 2.45) is 5.84 Å². The smallest absolute Gasteiger partial charge is 0.271 e. The fourth-order valence-electron chi connectivity index (χ4n) is 0.818. The van der Waals surface area contributed by atoms with Crippen molar-refractivity contribution in [1.82, 2.24) is 5.43 Å². The number of hydrogen-bond acceptors (Lipinski definition) is 2. The van der Waals surface area contributed by atoms with Gasteiger partial charge in [-0.05, 0) is 13.8 Å². The van der Waals surface area contributed by atoms with E-state index in [1.807, 2.05) is 0 Å². The number of nitrogens with one attached hydrogen (secondary N) is 1. The summed E-state index contributed by atoms with van der Waals surface area (Å²) in [5.74, 6) is 4.93. The van der Waals surface area contributed by atoms with Crippen LogP contribution in [0.4, 0.5) is 13.2 Å². The number of alkyl halides is 3. The molecule has 0 saturated heterocycles. The van der Waals surface area contributed by atoms with Gasteiger partial charge in [0, 0.05) is 6.04 Å². The molecule has 0 aromatic carbocycles. The zero-order valence-corrected chi connectivity index (χ0v) is 7.07. The van der Waals surface area contributed by atoms with Crippen LogP contribution in [0.3, 0.4) is 0 Å². The molecule has 72 valence electrons. The Balaban J connectivity index is 4.10. The molecule has 0 aliphatic rings. The summed E-state index contributed by atoms with van der Waals surface area (Å²) in [5.41, 5.74) is 2.90. The predicted molar refractivity (Wildman–Crippen MR) is 41.2 cm³/mol. The molecule has 0 heterocycles. The maximum atomic E-state index is 11.8. The normalized spacial score (nSPS) is 14.2. The second-order valence-electron chi connectivity index (χ2n) is 2.84. The van der Waals surface area contributed by atoms with Crippen LogP contribution in [0.25, 0.3) is 0 Å². The number of hydrogen-bond donors (Lipinski definition) is 2. The summed E-state index contributed by atoms with van der Waals surface area (Å²) in [5, 5.41) is 0. The van der Waals surface area contributed by atoms with Crippen LogP contribution in [0.15, 0.2) is 11.6 Å². The van der Waals surface area contributed by atoms with Crippen LogP contribution in [0.5, 0.6) is 0 Å². The van der Waals surface area contributed by atoms with Gasteiger partial charge in [-0.1, -0.05) is 11.6 Å². The lowest BCUT2D eigenvalue weighted by Crippen LogP contribution is -2.37. The van der Waals surface area contributed by atoms with Crippen molar-refractivity contribution in [3.8, 4) is 0 Å². The Morgan fingerprint density at radius 2 is 2.00 bits per heavy atom. The van der Waals surface area contributed by atoms with Crippen molar-refractivity contribution in [1.29, 1.82) is 0 Å². The molecule has 0 aromatic rings. The zero-order chi connectivity index (χ0) is 9.78. The van der Waals surface area contributed by atoms with E-state index in [9.17, 15) is 13.2 Å². The molecular weight excluding hydrogens is 169 g/mol. The Kier molecular flexibility index (Phi) is 4.26. The van der Waals surface area contributed by atoms with E-state index in [0.717, 1.165) is 5.57 Å². The molecule has 0 bridgehead atoms. The molecule has 1 atom stereocenters. The van der Waals surface area contributed by atoms with Crippen molar-refractivity contribution < 1.29 is 13.2 Å². The number of nitrogens with two attached hydrogens (primary N) is 1. The minimum Gasteiger partial charge on any atom is -0.271 e. The molecule has 0 aliphatic carbocycles. The lowest BCUT2D eigenvalue weighted by atomic mass is 10.1. The standard InChI is InChI=1S/C7H13F3N2/c1-5(2)3-6(12-11)4-7(8,9)10/h3,6,12H,4,11H2,1-2H3. The van der Waals surface area contributed by atoms with Gasteiger partial charge in [-0.15, -0.1) is 0 Å². The van der Waals surface area contributed by atoms with E-state index in [-0.39, 0.29) is 0 Å². The largest absolute Gasteiger partial charge is 0.390 e. The second-order valence-corrected chi connectivity index (χ2v) is 2.84. The summed E-state index contributed by atoms with van der Waals surface area (Å²) in [6, 6.07) is -0.824. The molecule has 0 aromatic heterocycles. The van der Waals surface area contributed by atoms with Crippen LogP contribution >= 0.6 is 0 Å². The monoisotopic (exact) mass is 182 g/mol. The molecule has 0 saturated carbocycles. The van der Waals surface area contributed by atoms with E-state index in [1.165, 1.54) is 6.08 Å². The Morgan fingerprint density at radius 1 is 1.50 bits per heavy atom. The van der Waals surface area contributed by atoms with Crippen molar-refractivity contribution in [2.75, 3.05) is 0 Å². The molecule has 0 spiro atoms.